The van der Waals surface area contributed by atoms with E-state index in [2.05, 4.69) is 19.1 Å². The highest BCUT2D eigenvalue weighted by Crippen LogP contribution is 2.10. The molecule has 0 aromatic rings. The van der Waals surface area contributed by atoms with E-state index in [1.54, 1.807) is 14.1 Å². The molecule has 3 heteroatoms. The molecule has 0 saturated carbocycles. The summed E-state index contributed by atoms with van der Waals surface area (Å²) in [5, 5.41) is 9.68. The lowest BCUT2D eigenvalue weighted by Crippen LogP contribution is -2.33. The molecule has 1 N–H and O–H groups in total. The summed E-state index contributed by atoms with van der Waals surface area (Å²) >= 11 is 0. The Balaban J connectivity index is 3.29. The van der Waals surface area contributed by atoms with Crippen LogP contribution in [0.4, 0.5) is 0 Å². The molecule has 3 nitrogen and oxygen atoms in total. The molecule has 0 saturated heterocycles. The van der Waals surface area contributed by atoms with Gasteiger partial charge in [0.1, 0.15) is 6.10 Å². The van der Waals surface area contributed by atoms with Gasteiger partial charge in [-0.3, -0.25) is 4.79 Å². The second-order valence-corrected chi connectivity index (χ2v) is 6.77. The van der Waals surface area contributed by atoms with E-state index in [0.29, 0.717) is 6.42 Å². The Morgan fingerprint density at radius 2 is 1.35 bits per heavy atom. The van der Waals surface area contributed by atoms with E-state index < -0.39 is 6.10 Å². The number of unbranched alkanes of at least 4 members (excludes halogenated alkanes) is 10. The van der Waals surface area contributed by atoms with E-state index in [1.807, 2.05) is 0 Å². The van der Waals surface area contributed by atoms with Crippen LogP contribution in [-0.4, -0.2) is 36.1 Å². The number of likely N-dealkylation sites (N-methyl/N-ethyl adjacent to an activating group) is 1. The first-order chi connectivity index (χ1) is 11.1. The zero-order valence-corrected chi connectivity index (χ0v) is 15.7. The average molecular weight is 326 g/mol. The van der Waals surface area contributed by atoms with Gasteiger partial charge in [0.05, 0.1) is 0 Å². The molecule has 0 rings (SSSR count). The van der Waals surface area contributed by atoms with Gasteiger partial charge in [-0.15, -0.1) is 0 Å². The second kappa shape index (κ2) is 16.0. The van der Waals surface area contributed by atoms with Crippen LogP contribution in [0, 0.1) is 0 Å². The van der Waals surface area contributed by atoms with E-state index in [0.717, 1.165) is 19.3 Å². The maximum Gasteiger partial charge on any atom is 0.250 e. The third-order valence-corrected chi connectivity index (χ3v) is 4.22. The lowest BCUT2D eigenvalue weighted by Gasteiger charge is -2.15. The number of amides is 1. The smallest absolute Gasteiger partial charge is 0.250 e. The van der Waals surface area contributed by atoms with Gasteiger partial charge in [-0.25, -0.2) is 0 Å². The van der Waals surface area contributed by atoms with Gasteiger partial charge in [-0.1, -0.05) is 70.4 Å². The van der Waals surface area contributed by atoms with Crippen molar-refractivity contribution < 1.29 is 9.90 Å². The zero-order chi connectivity index (χ0) is 17.3. The minimum Gasteiger partial charge on any atom is -0.383 e. The molecule has 0 aliphatic carbocycles. The highest BCUT2D eigenvalue weighted by atomic mass is 16.3. The molecule has 0 bridgehead atoms. The number of carbonyl (C=O) groups excluding carboxylic acids is 1. The van der Waals surface area contributed by atoms with Crippen molar-refractivity contribution in [2.75, 3.05) is 14.1 Å². The van der Waals surface area contributed by atoms with Gasteiger partial charge in [0.2, 0.25) is 0 Å². The van der Waals surface area contributed by atoms with Gasteiger partial charge in [-0.05, 0) is 32.1 Å². The van der Waals surface area contributed by atoms with Crippen LogP contribution in [0.2, 0.25) is 0 Å². The molecule has 0 fully saturated rings. The molecule has 0 aromatic heterocycles. The van der Waals surface area contributed by atoms with E-state index in [1.165, 1.54) is 62.7 Å². The number of nitrogens with zero attached hydrogens (tertiary/aromatic N) is 1. The summed E-state index contributed by atoms with van der Waals surface area (Å²) in [6.45, 7) is 2.26. The standard InChI is InChI=1S/C20H39NO2/c1-4-5-6-7-8-9-10-11-12-13-14-15-16-17-18-19(22)20(23)21(2)3/h11-12,19,22H,4-10,13-18H2,1-3H3/b12-11-. The first-order valence-corrected chi connectivity index (χ1v) is 9.63. The van der Waals surface area contributed by atoms with Crippen LogP contribution in [0.25, 0.3) is 0 Å². The van der Waals surface area contributed by atoms with Gasteiger partial charge in [0.25, 0.3) is 5.91 Å². The molecule has 0 heterocycles. The third-order valence-electron chi connectivity index (χ3n) is 4.22. The normalized spacial score (nSPS) is 12.7. The number of carbonyl (C=O) groups is 1. The maximum absolute atomic E-state index is 11.5. The van der Waals surface area contributed by atoms with Crippen LogP contribution in [-0.2, 0) is 4.79 Å². The van der Waals surface area contributed by atoms with Crippen molar-refractivity contribution in [3.05, 3.63) is 12.2 Å². The fourth-order valence-corrected chi connectivity index (χ4v) is 2.65. The summed E-state index contributed by atoms with van der Waals surface area (Å²) in [5.74, 6) is -0.178. The number of allylic oxidation sites excluding steroid dienone is 2. The van der Waals surface area contributed by atoms with E-state index >= 15 is 0 Å². The molecule has 1 atom stereocenters. The SMILES string of the molecule is CCCCCCCC/C=C\CCCCCCC(O)C(=O)N(C)C. The Hall–Kier alpha value is -0.830. The highest BCUT2D eigenvalue weighted by molar-refractivity contribution is 5.79. The van der Waals surface area contributed by atoms with Crippen molar-refractivity contribution >= 4 is 5.91 Å². The number of rotatable bonds is 15. The molecule has 0 aliphatic heterocycles. The second-order valence-electron chi connectivity index (χ2n) is 6.77. The monoisotopic (exact) mass is 325 g/mol. The fourth-order valence-electron chi connectivity index (χ4n) is 2.65. The Morgan fingerprint density at radius 3 is 1.87 bits per heavy atom. The van der Waals surface area contributed by atoms with Crippen LogP contribution >= 0.6 is 0 Å². The predicted octanol–water partition coefficient (Wildman–Crippen LogP) is 5.08. The van der Waals surface area contributed by atoms with Crippen LogP contribution in [0.1, 0.15) is 90.4 Å². The lowest BCUT2D eigenvalue weighted by molar-refractivity contribution is -0.137. The van der Waals surface area contributed by atoms with Gasteiger partial charge >= 0.3 is 0 Å². The van der Waals surface area contributed by atoms with Crippen molar-refractivity contribution in [2.45, 2.75) is 96.5 Å². The first kappa shape index (κ1) is 22.2. The van der Waals surface area contributed by atoms with E-state index in [4.69, 9.17) is 0 Å². The quantitative estimate of drug-likeness (QED) is 0.337. The van der Waals surface area contributed by atoms with Gasteiger partial charge in [0.15, 0.2) is 0 Å². The van der Waals surface area contributed by atoms with E-state index in [-0.39, 0.29) is 5.91 Å². The lowest BCUT2D eigenvalue weighted by atomic mass is 10.1. The molecule has 0 radical (unpaired) electrons. The minimum absolute atomic E-state index is 0.178. The fraction of sp³-hybridized carbons (Fsp3) is 0.850. The molecule has 0 aliphatic rings. The topological polar surface area (TPSA) is 40.5 Å². The highest BCUT2D eigenvalue weighted by Gasteiger charge is 2.15. The van der Waals surface area contributed by atoms with Crippen LogP contribution < -0.4 is 0 Å². The molecule has 1 unspecified atom stereocenters. The molecule has 136 valence electrons. The van der Waals surface area contributed by atoms with Crippen molar-refractivity contribution in [1.82, 2.24) is 4.90 Å². The molecule has 0 spiro atoms. The summed E-state index contributed by atoms with van der Waals surface area (Å²) in [4.78, 5) is 12.9. The molecule has 0 aromatic carbocycles. The number of aliphatic hydroxyl groups excluding tert-OH is 1. The number of aliphatic hydroxyl groups is 1. The zero-order valence-electron chi connectivity index (χ0n) is 15.7. The van der Waals surface area contributed by atoms with Crippen molar-refractivity contribution in [3.8, 4) is 0 Å². The molecular weight excluding hydrogens is 286 g/mol. The summed E-state index contributed by atoms with van der Waals surface area (Å²) in [6, 6.07) is 0. The third kappa shape index (κ3) is 14.5. The largest absolute Gasteiger partial charge is 0.383 e. The van der Waals surface area contributed by atoms with Gasteiger partial charge < -0.3 is 10.0 Å². The van der Waals surface area contributed by atoms with Crippen molar-refractivity contribution in [3.63, 3.8) is 0 Å². The Morgan fingerprint density at radius 1 is 0.870 bits per heavy atom. The number of hydrogen-bond donors (Lipinski definition) is 1. The van der Waals surface area contributed by atoms with Crippen LogP contribution in [0.3, 0.4) is 0 Å². The summed E-state index contributed by atoms with van der Waals surface area (Å²) < 4.78 is 0. The predicted molar refractivity (Wildman–Crippen MR) is 99.5 cm³/mol. The minimum atomic E-state index is -0.817. The first-order valence-electron chi connectivity index (χ1n) is 9.63. The van der Waals surface area contributed by atoms with Gasteiger partial charge in [0, 0.05) is 14.1 Å². The Bertz CT molecular complexity index is 300. The Labute approximate surface area is 144 Å². The van der Waals surface area contributed by atoms with Crippen molar-refractivity contribution in [2.24, 2.45) is 0 Å². The van der Waals surface area contributed by atoms with Crippen LogP contribution in [0.15, 0.2) is 12.2 Å². The summed E-state index contributed by atoms with van der Waals surface area (Å²) in [6.07, 6.45) is 19.4. The van der Waals surface area contributed by atoms with E-state index in [9.17, 15) is 9.90 Å². The number of hydrogen-bond acceptors (Lipinski definition) is 2. The van der Waals surface area contributed by atoms with Gasteiger partial charge in [-0.2, -0.15) is 0 Å². The average Bonchev–Trinajstić information content (AvgIpc) is 2.54. The molecule has 23 heavy (non-hydrogen) atoms. The van der Waals surface area contributed by atoms with Crippen LogP contribution in [0.5, 0.6) is 0 Å². The summed E-state index contributed by atoms with van der Waals surface area (Å²) in [5.41, 5.74) is 0. The maximum atomic E-state index is 11.5. The van der Waals surface area contributed by atoms with Crippen molar-refractivity contribution in [1.29, 1.82) is 0 Å². The Kier molecular flexibility index (Phi) is 15.5. The molecule has 1 amide bonds. The molecular formula is C20H39NO2. The summed E-state index contributed by atoms with van der Waals surface area (Å²) in [7, 11) is 3.37.